The molecular formula is C24H32N4O. The first-order chi connectivity index (χ1) is 13.9. The molecule has 0 fully saturated rings. The van der Waals surface area contributed by atoms with E-state index in [2.05, 4.69) is 67.3 Å². The topological polar surface area (TPSA) is 76.2 Å². The van der Waals surface area contributed by atoms with Gasteiger partial charge in [0.25, 0.3) is 0 Å². The van der Waals surface area contributed by atoms with Crippen LogP contribution in [0, 0.1) is 5.92 Å². The van der Waals surface area contributed by atoms with Gasteiger partial charge in [-0.1, -0.05) is 39.0 Å². The van der Waals surface area contributed by atoms with E-state index < -0.39 is 0 Å². The van der Waals surface area contributed by atoms with E-state index in [0.717, 1.165) is 29.8 Å². The number of imidazole rings is 1. The van der Waals surface area contributed by atoms with Gasteiger partial charge in [-0.3, -0.25) is 0 Å². The molecule has 1 unspecified atom stereocenters. The highest BCUT2D eigenvalue weighted by Gasteiger charge is 2.10. The molecule has 0 aliphatic heterocycles. The molecule has 0 radical (unpaired) electrons. The van der Waals surface area contributed by atoms with Crippen molar-refractivity contribution in [1.29, 1.82) is 0 Å². The van der Waals surface area contributed by atoms with Gasteiger partial charge < -0.3 is 19.9 Å². The predicted octanol–water partition coefficient (Wildman–Crippen LogP) is 5.24. The maximum Gasteiger partial charge on any atom is 0.137 e. The molecule has 0 saturated carbocycles. The first kappa shape index (κ1) is 22.4. The maximum absolute atomic E-state index is 8.81. The van der Waals surface area contributed by atoms with Gasteiger partial charge in [-0.15, -0.1) is 0 Å². The van der Waals surface area contributed by atoms with Crippen LogP contribution in [0.4, 0.5) is 0 Å². The van der Waals surface area contributed by atoms with Crippen LogP contribution in [0.2, 0.25) is 0 Å². The summed E-state index contributed by atoms with van der Waals surface area (Å²) >= 11 is 0. The number of nitrogens with one attached hydrogen (secondary N) is 1. The average Bonchev–Trinajstić information content (AvgIpc) is 3.28. The lowest BCUT2D eigenvalue weighted by molar-refractivity contribution is -0.106. The average molecular weight is 393 g/mol. The fraction of sp³-hybridized carbons (Fsp3) is 0.333. The van der Waals surface area contributed by atoms with E-state index >= 15 is 0 Å². The molecule has 154 valence electrons. The summed E-state index contributed by atoms with van der Waals surface area (Å²) in [6, 6.07) is 10.8. The molecule has 0 aliphatic carbocycles. The number of H-pyrrole nitrogens is 1. The highest BCUT2D eigenvalue weighted by atomic mass is 16.1. The molecule has 0 amide bonds. The Kier molecular flexibility index (Phi) is 8.16. The molecule has 5 nitrogen and oxygen atoms in total. The highest BCUT2D eigenvalue weighted by molar-refractivity contribution is 5.96. The molecule has 0 aliphatic rings. The van der Waals surface area contributed by atoms with E-state index in [1.807, 2.05) is 29.9 Å². The third-order valence-electron chi connectivity index (χ3n) is 4.05. The monoisotopic (exact) mass is 392 g/mol. The second-order valence-corrected chi connectivity index (χ2v) is 7.80. The number of fused-ring (bicyclic) bond motifs is 2. The normalized spacial score (nSPS) is 11.6. The van der Waals surface area contributed by atoms with E-state index in [4.69, 9.17) is 10.5 Å². The van der Waals surface area contributed by atoms with Gasteiger partial charge in [0, 0.05) is 41.8 Å². The van der Waals surface area contributed by atoms with Crippen LogP contribution in [0.5, 0.6) is 0 Å². The lowest BCUT2D eigenvalue weighted by Gasteiger charge is -2.06. The molecule has 0 spiro atoms. The van der Waals surface area contributed by atoms with Crippen molar-refractivity contribution in [2.45, 2.75) is 47.1 Å². The molecule has 3 aromatic heterocycles. The molecule has 1 atom stereocenters. The van der Waals surface area contributed by atoms with Gasteiger partial charge in [0.1, 0.15) is 11.9 Å². The number of carbonyl (C=O) groups is 1. The number of aromatic nitrogens is 3. The molecule has 0 saturated heterocycles. The van der Waals surface area contributed by atoms with Crippen LogP contribution in [-0.2, 0) is 11.2 Å². The van der Waals surface area contributed by atoms with Crippen LogP contribution < -0.4 is 5.73 Å². The van der Waals surface area contributed by atoms with Crippen LogP contribution in [0.3, 0.4) is 0 Å². The smallest absolute Gasteiger partial charge is 0.137 e. The van der Waals surface area contributed by atoms with Crippen molar-refractivity contribution in [2.75, 3.05) is 0 Å². The minimum atomic E-state index is 0.156. The van der Waals surface area contributed by atoms with E-state index in [1.165, 1.54) is 29.0 Å². The van der Waals surface area contributed by atoms with Gasteiger partial charge in [0.05, 0.1) is 5.52 Å². The number of nitrogens with zero attached hydrogens (tertiary/aromatic N) is 2. The number of rotatable bonds is 3. The van der Waals surface area contributed by atoms with Gasteiger partial charge in [-0.2, -0.15) is 0 Å². The Morgan fingerprint density at radius 1 is 1.17 bits per heavy atom. The van der Waals surface area contributed by atoms with Crippen molar-refractivity contribution in [1.82, 2.24) is 14.4 Å². The molecule has 1 aromatic carbocycles. The Balaban J connectivity index is 0.000000377. The van der Waals surface area contributed by atoms with Crippen LogP contribution in [0.25, 0.3) is 27.7 Å². The molecule has 29 heavy (non-hydrogen) atoms. The Morgan fingerprint density at radius 3 is 2.52 bits per heavy atom. The van der Waals surface area contributed by atoms with Gasteiger partial charge in [-0.25, -0.2) is 4.98 Å². The van der Waals surface area contributed by atoms with Gasteiger partial charge in [0.2, 0.25) is 0 Å². The third kappa shape index (κ3) is 6.03. The molecule has 4 rings (SSSR count). The number of nitrogens with two attached hydrogens (primary N) is 1. The van der Waals surface area contributed by atoms with E-state index in [9.17, 15) is 0 Å². The zero-order valence-electron chi connectivity index (χ0n) is 18.0. The fourth-order valence-electron chi connectivity index (χ4n) is 3.05. The zero-order valence-corrected chi connectivity index (χ0v) is 18.0. The van der Waals surface area contributed by atoms with Crippen molar-refractivity contribution in [3.8, 4) is 11.1 Å². The van der Waals surface area contributed by atoms with Gasteiger partial charge >= 0.3 is 0 Å². The number of hydrogen-bond donors (Lipinski definition) is 2. The van der Waals surface area contributed by atoms with Crippen molar-refractivity contribution in [3.05, 3.63) is 60.7 Å². The summed E-state index contributed by atoms with van der Waals surface area (Å²) in [7, 11) is 0. The second-order valence-electron chi connectivity index (χ2n) is 7.80. The van der Waals surface area contributed by atoms with Crippen molar-refractivity contribution in [3.63, 3.8) is 0 Å². The van der Waals surface area contributed by atoms with Crippen molar-refractivity contribution >= 4 is 22.8 Å². The number of aldehydes is 1. The number of hydrogen-bond acceptors (Lipinski definition) is 3. The first-order valence-electron chi connectivity index (χ1n) is 10.0. The fourth-order valence-corrected chi connectivity index (χ4v) is 3.05. The van der Waals surface area contributed by atoms with Crippen molar-refractivity contribution in [2.24, 2.45) is 11.7 Å². The minimum absolute atomic E-state index is 0.156. The lowest BCUT2D eigenvalue weighted by atomic mass is 10.0. The molecule has 5 heteroatoms. The van der Waals surface area contributed by atoms with Crippen LogP contribution in [-0.4, -0.2) is 26.7 Å². The molecule has 0 bridgehead atoms. The second kappa shape index (κ2) is 10.6. The van der Waals surface area contributed by atoms with Crippen molar-refractivity contribution < 1.29 is 4.79 Å². The summed E-state index contributed by atoms with van der Waals surface area (Å²) < 4.78 is 2.01. The Hall–Kier alpha value is -2.92. The molecule has 3 N–H and O–H groups in total. The van der Waals surface area contributed by atoms with Crippen LogP contribution in [0.1, 0.15) is 40.2 Å². The largest absolute Gasteiger partial charge is 0.360 e. The number of aromatic amines is 1. The summed E-state index contributed by atoms with van der Waals surface area (Å²) in [5, 5.41) is 1.25. The lowest BCUT2D eigenvalue weighted by Crippen LogP contribution is -2.17. The van der Waals surface area contributed by atoms with E-state index in [0.29, 0.717) is 0 Å². The van der Waals surface area contributed by atoms with Gasteiger partial charge in [-0.05, 0) is 49.4 Å². The Morgan fingerprint density at radius 2 is 1.86 bits per heavy atom. The summed E-state index contributed by atoms with van der Waals surface area (Å²) in [4.78, 5) is 16.6. The standard InChI is InChI=1S/C18H18N4.C4H10.C2H4O/c1-12(19)9-14-11-21-18-15(3-2-4-16(14)18)13-5-7-22-8-6-20-17(22)10-13;1-4(2)3;1-2-3/h2-8,10-12,21H,9,19H2,1H3;4H,1-3H3;2H,1H3. The minimum Gasteiger partial charge on any atom is -0.360 e. The van der Waals surface area contributed by atoms with Crippen LogP contribution in [0.15, 0.2) is 55.1 Å². The molecular weight excluding hydrogens is 360 g/mol. The zero-order chi connectivity index (χ0) is 21.4. The molecule has 3 heterocycles. The van der Waals surface area contributed by atoms with Crippen LogP contribution >= 0.6 is 0 Å². The summed E-state index contributed by atoms with van der Waals surface area (Å²) in [5.74, 6) is 0.833. The Labute approximate surface area is 173 Å². The summed E-state index contributed by atoms with van der Waals surface area (Å²) in [5.41, 5.74) is 11.7. The van der Waals surface area contributed by atoms with E-state index in [-0.39, 0.29) is 6.04 Å². The Bertz CT molecular complexity index is 1040. The molecule has 4 aromatic rings. The number of pyridine rings is 1. The highest BCUT2D eigenvalue weighted by Crippen LogP contribution is 2.30. The number of carbonyl (C=O) groups excluding carboxylic acids is 1. The van der Waals surface area contributed by atoms with E-state index in [1.54, 1.807) is 0 Å². The van der Waals surface area contributed by atoms with Gasteiger partial charge in [0.15, 0.2) is 0 Å². The number of para-hydroxylation sites is 1. The first-order valence-corrected chi connectivity index (χ1v) is 10.0. The predicted molar refractivity (Wildman–Crippen MR) is 122 cm³/mol. The third-order valence-corrected chi connectivity index (χ3v) is 4.05. The summed E-state index contributed by atoms with van der Waals surface area (Å²) in [6.45, 7) is 9.98. The quantitative estimate of drug-likeness (QED) is 0.468. The number of benzene rings is 1. The maximum atomic E-state index is 8.81. The summed E-state index contributed by atoms with van der Waals surface area (Å²) in [6.07, 6.45) is 9.51. The SMILES string of the molecule is CC(C)C.CC(N)Cc1c[nH]c2c(-c3ccn4ccnc4c3)cccc12.CC=O.